The lowest BCUT2D eigenvalue weighted by molar-refractivity contribution is 0.248. The molecule has 3 N–H and O–H groups in total. The van der Waals surface area contributed by atoms with Crippen molar-refractivity contribution in [3.8, 4) is 5.75 Å². The van der Waals surface area contributed by atoms with Crippen LogP contribution in [0.3, 0.4) is 0 Å². The number of rotatable bonds is 8. The maximum atomic E-state index is 9.89. The maximum Gasteiger partial charge on any atom is 0.122 e. The van der Waals surface area contributed by atoms with Crippen LogP contribution >= 0.6 is 0 Å². The van der Waals surface area contributed by atoms with Gasteiger partial charge in [-0.1, -0.05) is 31.5 Å². The third-order valence-electron chi connectivity index (χ3n) is 3.30. The van der Waals surface area contributed by atoms with Crippen LogP contribution in [0.25, 0.3) is 0 Å². The number of nitrogens with one attached hydrogen (secondary N) is 1. The Bertz CT molecular complexity index is 346. The van der Waals surface area contributed by atoms with E-state index in [9.17, 15) is 5.11 Å². The molecule has 1 atom stereocenters. The van der Waals surface area contributed by atoms with Crippen LogP contribution in [0, 0.1) is 12.8 Å². The minimum Gasteiger partial charge on any atom is -0.507 e. The summed E-state index contributed by atoms with van der Waals surface area (Å²) >= 11 is 0. The summed E-state index contributed by atoms with van der Waals surface area (Å²) in [7, 11) is 0. The minimum atomic E-state index is 0.252. The number of hydrogen-bond acceptors (Lipinski definition) is 3. The number of aromatic hydroxyl groups is 1. The largest absolute Gasteiger partial charge is 0.507 e. The van der Waals surface area contributed by atoms with E-state index < -0.39 is 0 Å². The number of benzene rings is 1. The summed E-state index contributed by atoms with van der Waals surface area (Å²) in [6.07, 6.45) is 3.12. The second-order valence-electron chi connectivity index (χ2n) is 4.88. The molecule has 1 aromatic rings. The lowest BCUT2D eigenvalue weighted by Crippen LogP contribution is -2.23. The Balaban J connectivity index is 2.42. The van der Waals surface area contributed by atoms with E-state index in [4.69, 9.17) is 5.11 Å². The highest BCUT2D eigenvalue weighted by atomic mass is 16.3. The van der Waals surface area contributed by atoms with Gasteiger partial charge < -0.3 is 15.5 Å². The van der Waals surface area contributed by atoms with E-state index in [-0.39, 0.29) is 6.61 Å². The first-order chi connectivity index (χ1) is 8.69. The molecule has 0 heterocycles. The van der Waals surface area contributed by atoms with Gasteiger partial charge in [-0.3, -0.25) is 0 Å². The van der Waals surface area contributed by atoms with Crippen molar-refractivity contribution < 1.29 is 10.2 Å². The lowest BCUT2D eigenvalue weighted by atomic mass is 10.00. The monoisotopic (exact) mass is 251 g/mol. The van der Waals surface area contributed by atoms with Gasteiger partial charge in [-0.25, -0.2) is 0 Å². The first-order valence-electron chi connectivity index (χ1n) is 6.78. The second kappa shape index (κ2) is 8.11. The molecule has 0 fully saturated rings. The van der Waals surface area contributed by atoms with Gasteiger partial charge in [0.25, 0.3) is 0 Å². The van der Waals surface area contributed by atoms with Gasteiger partial charge in [-0.05, 0) is 37.8 Å². The number of phenols is 1. The average Bonchev–Trinajstić information content (AvgIpc) is 2.35. The number of phenolic OH excluding ortho intramolecular Hbond substituents is 1. The highest BCUT2D eigenvalue weighted by Crippen LogP contribution is 2.21. The van der Waals surface area contributed by atoms with Crippen molar-refractivity contribution in [1.29, 1.82) is 0 Å². The normalized spacial score (nSPS) is 12.6. The SMILES string of the molecule is CCCC(CCO)CNCc1cccc(C)c1O. The smallest absolute Gasteiger partial charge is 0.122 e. The van der Waals surface area contributed by atoms with Crippen molar-refractivity contribution in [3.63, 3.8) is 0 Å². The topological polar surface area (TPSA) is 52.5 Å². The molecule has 1 aromatic carbocycles. The summed E-state index contributed by atoms with van der Waals surface area (Å²) in [5.41, 5.74) is 1.85. The highest BCUT2D eigenvalue weighted by molar-refractivity contribution is 5.39. The standard InChI is InChI=1S/C15H25NO2/c1-3-5-13(8-9-17)10-16-11-14-7-4-6-12(2)15(14)18/h4,6-7,13,16-18H,3,5,8-11H2,1-2H3. The average molecular weight is 251 g/mol. The van der Waals surface area contributed by atoms with Gasteiger partial charge in [-0.15, -0.1) is 0 Å². The van der Waals surface area contributed by atoms with E-state index in [0.717, 1.165) is 36.9 Å². The third kappa shape index (κ3) is 4.67. The van der Waals surface area contributed by atoms with Crippen molar-refractivity contribution in [2.45, 2.75) is 39.7 Å². The molecule has 0 aliphatic rings. The predicted octanol–water partition coefficient (Wildman–Crippen LogP) is 2.59. The molecular formula is C15H25NO2. The molecule has 1 unspecified atom stereocenters. The van der Waals surface area contributed by atoms with Crippen molar-refractivity contribution >= 4 is 0 Å². The molecular weight excluding hydrogens is 226 g/mol. The van der Waals surface area contributed by atoms with Crippen molar-refractivity contribution in [2.75, 3.05) is 13.2 Å². The molecule has 0 radical (unpaired) electrons. The lowest BCUT2D eigenvalue weighted by Gasteiger charge is -2.16. The molecule has 0 saturated heterocycles. The van der Waals surface area contributed by atoms with Crippen LogP contribution in [0.1, 0.15) is 37.3 Å². The molecule has 0 spiro atoms. The van der Waals surface area contributed by atoms with Crippen LogP contribution < -0.4 is 5.32 Å². The zero-order valence-corrected chi connectivity index (χ0v) is 11.4. The second-order valence-corrected chi connectivity index (χ2v) is 4.88. The van der Waals surface area contributed by atoms with Crippen LogP contribution in [-0.2, 0) is 6.54 Å². The van der Waals surface area contributed by atoms with Crippen molar-refractivity contribution in [3.05, 3.63) is 29.3 Å². The fraction of sp³-hybridized carbons (Fsp3) is 0.600. The third-order valence-corrected chi connectivity index (χ3v) is 3.30. The minimum absolute atomic E-state index is 0.252. The van der Waals surface area contributed by atoms with Crippen LogP contribution in [-0.4, -0.2) is 23.4 Å². The van der Waals surface area contributed by atoms with Gasteiger partial charge >= 0.3 is 0 Å². The van der Waals surface area contributed by atoms with E-state index in [0.29, 0.717) is 18.2 Å². The summed E-state index contributed by atoms with van der Waals surface area (Å²) in [5.74, 6) is 0.908. The fourth-order valence-corrected chi connectivity index (χ4v) is 2.21. The summed E-state index contributed by atoms with van der Waals surface area (Å²) < 4.78 is 0. The predicted molar refractivity (Wildman–Crippen MR) is 74.7 cm³/mol. The van der Waals surface area contributed by atoms with E-state index in [1.165, 1.54) is 0 Å². The zero-order chi connectivity index (χ0) is 13.4. The Hall–Kier alpha value is -1.06. The van der Waals surface area contributed by atoms with Crippen LogP contribution in [0.15, 0.2) is 18.2 Å². The molecule has 0 bridgehead atoms. The summed E-state index contributed by atoms with van der Waals surface area (Å²) in [6.45, 7) is 5.89. The Morgan fingerprint density at radius 3 is 2.72 bits per heavy atom. The summed E-state index contributed by atoms with van der Waals surface area (Å²) in [5, 5.41) is 22.3. The van der Waals surface area contributed by atoms with Crippen molar-refractivity contribution in [2.24, 2.45) is 5.92 Å². The Labute approximate surface area is 110 Å². The number of aliphatic hydroxyl groups is 1. The fourth-order valence-electron chi connectivity index (χ4n) is 2.21. The molecule has 0 amide bonds. The molecule has 3 heteroatoms. The van der Waals surface area contributed by atoms with E-state index >= 15 is 0 Å². The zero-order valence-electron chi connectivity index (χ0n) is 11.4. The Kier molecular flexibility index (Phi) is 6.76. The van der Waals surface area contributed by atoms with E-state index in [1.807, 2.05) is 25.1 Å². The van der Waals surface area contributed by atoms with Crippen LogP contribution in [0.2, 0.25) is 0 Å². The van der Waals surface area contributed by atoms with Gasteiger partial charge in [0.15, 0.2) is 0 Å². The first-order valence-corrected chi connectivity index (χ1v) is 6.78. The quantitative estimate of drug-likeness (QED) is 0.665. The molecule has 1 rings (SSSR count). The van der Waals surface area contributed by atoms with E-state index in [2.05, 4.69) is 12.2 Å². The summed E-state index contributed by atoms with van der Waals surface area (Å²) in [6, 6.07) is 5.81. The van der Waals surface area contributed by atoms with Crippen LogP contribution in [0.4, 0.5) is 0 Å². The molecule has 0 aliphatic heterocycles. The van der Waals surface area contributed by atoms with Gasteiger partial charge in [0.2, 0.25) is 0 Å². The van der Waals surface area contributed by atoms with Crippen molar-refractivity contribution in [1.82, 2.24) is 5.32 Å². The first kappa shape index (κ1) is 15.0. The van der Waals surface area contributed by atoms with Gasteiger partial charge in [0, 0.05) is 18.7 Å². The molecule has 3 nitrogen and oxygen atoms in total. The van der Waals surface area contributed by atoms with Gasteiger partial charge in [0.1, 0.15) is 5.75 Å². The summed E-state index contributed by atoms with van der Waals surface area (Å²) in [4.78, 5) is 0. The molecule has 0 aromatic heterocycles. The molecule has 18 heavy (non-hydrogen) atoms. The highest BCUT2D eigenvalue weighted by Gasteiger charge is 2.08. The Morgan fingerprint density at radius 1 is 1.28 bits per heavy atom. The maximum absolute atomic E-state index is 9.89. The van der Waals surface area contributed by atoms with Gasteiger partial charge in [-0.2, -0.15) is 0 Å². The van der Waals surface area contributed by atoms with E-state index in [1.54, 1.807) is 0 Å². The number of aliphatic hydroxyl groups excluding tert-OH is 1. The van der Waals surface area contributed by atoms with Gasteiger partial charge in [0.05, 0.1) is 0 Å². The molecule has 102 valence electrons. The van der Waals surface area contributed by atoms with Crippen LogP contribution in [0.5, 0.6) is 5.75 Å². The number of hydrogen-bond donors (Lipinski definition) is 3. The molecule has 0 aliphatic carbocycles. The number of para-hydroxylation sites is 1. The molecule has 0 saturated carbocycles. The number of aryl methyl sites for hydroxylation is 1. The Morgan fingerprint density at radius 2 is 2.06 bits per heavy atom.